The van der Waals surface area contributed by atoms with Gasteiger partial charge in [-0.25, -0.2) is 8.42 Å². The van der Waals surface area contributed by atoms with Gasteiger partial charge in [-0.15, -0.1) is 0 Å². The number of rotatable bonds is 5. The summed E-state index contributed by atoms with van der Waals surface area (Å²) in [7, 11) is -2.13. The van der Waals surface area contributed by atoms with Gasteiger partial charge in [-0.3, -0.25) is 0 Å². The van der Waals surface area contributed by atoms with Crippen LogP contribution in [0.3, 0.4) is 0 Å². The van der Waals surface area contributed by atoms with Gasteiger partial charge in [0.05, 0.1) is 24.1 Å². The number of piperazine rings is 1. The SMILES string of the molecule is COc1ccccc1N1CCN(S(=O)(=O)Cc2cccc(C(F)(F)F)c2)CC1. The molecule has 0 bridgehead atoms. The summed E-state index contributed by atoms with van der Waals surface area (Å²) in [6.45, 7) is 1.48. The molecule has 152 valence electrons. The van der Waals surface area contributed by atoms with Crippen molar-refractivity contribution in [3.05, 3.63) is 59.7 Å². The first-order valence-electron chi connectivity index (χ1n) is 8.72. The molecule has 1 fully saturated rings. The van der Waals surface area contributed by atoms with Gasteiger partial charge in [0.15, 0.2) is 0 Å². The highest BCUT2D eigenvalue weighted by Gasteiger charge is 2.32. The molecule has 1 heterocycles. The Morgan fingerprint density at radius 1 is 1.00 bits per heavy atom. The molecule has 1 saturated heterocycles. The van der Waals surface area contributed by atoms with E-state index in [9.17, 15) is 21.6 Å². The van der Waals surface area contributed by atoms with Crippen molar-refractivity contribution in [2.75, 3.05) is 38.2 Å². The van der Waals surface area contributed by atoms with Crippen molar-refractivity contribution in [1.82, 2.24) is 4.31 Å². The van der Waals surface area contributed by atoms with Gasteiger partial charge in [0.2, 0.25) is 10.0 Å². The zero-order chi connectivity index (χ0) is 20.4. The summed E-state index contributed by atoms with van der Waals surface area (Å²) in [5.41, 5.74) is 0.170. The maximum absolute atomic E-state index is 12.8. The number of alkyl halides is 3. The van der Waals surface area contributed by atoms with Gasteiger partial charge in [0, 0.05) is 26.2 Å². The Balaban J connectivity index is 1.68. The lowest BCUT2D eigenvalue weighted by Crippen LogP contribution is -2.49. The molecule has 0 spiro atoms. The summed E-state index contributed by atoms with van der Waals surface area (Å²) >= 11 is 0. The van der Waals surface area contributed by atoms with Crippen LogP contribution >= 0.6 is 0 Å². The lowest BCUT2D eigenvalue weighted by atomic mass is 10.1. The molecular formula is C19H21F3N2O3S. The fraction of sp³-hybridized carbons (Fsp3) is 0.368. The standard InChI is InChI=1S/C19H21F3N2O3S/c1-27-18-8-3-2-7-17(18)23-9-11-24(12-10-23)28(25,26)14-15-5-4-6-16(13-15)19(20,21)22/h2-8,13H,9-12,14H2,1H3. The molecule has 28 heavy (non-hydrogen) atoms. The average molecular weight is 414 g/mol. The second-order valence-electron chi connectivity index (χ2n) is 6.51. The number of nitrogens with zero attached hydrogens (tertiary/aromatic N) is 2. The van der Waals surface area contributed by atoms with Gasteiger partial charge < -0.3 is 9.64 Å². The Kier molecular flexibility index (Phi) is 5.85. The third-order valence-electron chi connectivity index (χ3n) is 4.66. The molecule has 0 saturated carbocycles. The van der Waals surface area contributed by atoms with Crippen LogP contribution in [0.25, 0.3) is 0 Å². The Labute approximate surface area is 162 Å². The Hall–Kier alpha value is -2.26. The van der Waals surface area contributed by atoms with Crippen molar-refractivity contribution in [2.24, 2.45) is 0 Å². The van der Waals surface area contributed by atoms with E-state index in [1.54, 1.807) is 7.11 Å². The molecule has 0 radical (unpaired) electrons. The first kappa shape index (κ1) is 20.5. The first-order valence-corrected chi connectivity index (χ1v) is 10.3. The Morgan fingerprint density at radius 3 is 2.32 bits per heavy atom. The van der Waals surface area contributed by atoms with E-state index in [2.05, 4.69) is 0 Å². The predicted octanol–water partition coefficient (Wildman–Crippen LogP) is 3.37. The van der Waals surface area contributed by atoms with E-state index in [4.69, 9.17) is 4.74 Å². The smallest absolute Gasteiger partial charge is 0.416 e. The van der Waals surface area contributed by atoms with Gasteiger partial charge in [-0.05, 0) is 23.8 Å². The molecule has 5 nitrogen and oxygen atoms in total. The number of hydrogen-bond donors (Lipinski definition) is 0. The molecule has 0 aromatic heterocycles. The minimum atomic E-state index is -4.50. The lowest BCUT2D eigenvalue weighted by molar-refractivity contribution is -0.137. The van der Waals surface area contributed by atoms with Gasteiger partial charge >= 0.3 is 6.18 Å². The minimum Gasteiger partial charge on any atom is -0.495 e. The monoisotopic (exact) mass is 414 g/mol. The van der Waals surface area contributed by atoms with Crippen molar-refractivity contribution < 1.29 is 26.3 Å². The van der Waals surface area contributed by atoms with Crippen molar-refractivity contribution in [3.63, 3.8) is 0 Å². The van der Waals surface area contributed by atoms with E-state index in [0.717, 1.165) is 17.8 Å². The van der Waals surface area contributed by atoms with E-state index in [-0.39, 0.29) is 18.7 Å². The van der Waals surface area contributed by atoms with Crippen LogP contribution in [0.4, 0.5) is 18.9 Å². The normalized spacial score (nSPS) is 16.2. The molecule has 0 N–H and O–H groups in total. The fourth-order valence-electron chi connectivity index (χ4n) is 3.24. The zero-order valence-electron chi connectivity index (χ0n) is 15.3. The number of ether oxygens (including phenoxy) is 1. The third-order valence-corrected chi connectivity index (χ3v) is 6.51. The molecule has 1 aliphatic heterocycles. The van der Waals surface area contributed by atoms with E-state index in [1.165, 1.54) is 16.4 Å². The zero-order valence-corrected chi connectivity index (χ0v) is 16.1. The molecule has 1 aliphatic rings. The van der Waals surface area contributed by atoms with Crippen molar-refractivity contribution in [2.45, 2.75) is 11.9 Å². The maximum atomic E-state index is 12.8. The van der Waals surface area contributed by atoms with Crippen LogP contribution in [0.5, 0.6) is 5.75 Å². The summed E-state index contributed by atoms with van der Waals surface area (Å²) in [6, 6.07) is 11.9. The van der Waals surface area contributed by atoms with Crippen LogP contribution in [-0.4, -0.2) is 46.0 Å². The molecule has 0 amide bonds. The van der Waals surface area contributed by atoms with E-state index in [1.807, 2.05) is 29.2 Å². The maximum Gasteiger partial charge on any atom is 0.416 e. The largest absolute Gasteiger partial charge is 0.495 e. The van der Waals surface area contributed by atoms with E-state index >= 15 is 0 Å². The van der Waals surface area contributed by atoms with Gasteiger partial charge in [-0.2, -0.15) is 17.5 Å². The van der Waals surface area contributed by atoms with E-state index < -0.39 is 27.5 Å². The highest BCUT2D eigenvalue weighted by Crippen LogP contribution is 2.31. The summed E-state index contributed by atoms with van der Waals surface area (Å²) in [6.07, 6.45) is -4.50. The van der Waals surface area contributed by atoms with Crippen LogP contribution in [0.2, 0.25) is 0 Å². The van der Waals surface area contributed by atoms with Crippen LogP contribution in [0, 0.1) is 0 Å². The number of anilines is 1. The van der Waals surface area contributed by atoms with Crippen LogP contribution in [0.1, 0.15) is 11.1 Å². The molecular weight excluding hydrogens is 393 g/mol. The van der Waals surface area contributed by atoms with Crippen LogP contribution < -0.4 is 9.64 Å². The molecule has 9 heteroatoms. The van der Waals surface area contributed by atoms with Gasteiger partial charge in [-0.1, -0.05) is 30.3 Å². The fourth-order valence-corrected chi connectivity index (χ4v) is 4.74. The quantitative estimate of drug-likeness (QED) is 0.753. The number of hydrogen-bond acceptors (Lipinski definition) is 4. The Morgan fingerprint density at radius 2 is 1.68 bits per heavy atom. The highest BCUT2D eigenvalue weighted by atomic mass is 32.2. The average Bonchev–Trinajstić information content (AvgIpc) is 2.67. The van der Waals surface area contributed by atoms with Crippen molar-refractivity contribution in [3.8, 4) is 5.75 Å². The summed E-state index contributed by atoms with van der Waals surface area (Å²) in [5, 5.41) is 0. The summed E-state index contributed by atoms with van der Waals surface area (Å²) in [4.78, 5) is 2.04. The minimum absolute atomic E-state index is 0.127. The van der Waals surface area contributed by atoms with Crippen molar-refractivity contribution in [1.29, 1.82) is 0 Å². The number of para-hydroxylation sites is 2. The highest BCUT2D eigenvalue weighted by molar-refractivity contribution is 7.88. The van der Waals surface area contributed by atoms with Gasteiger partial charge in [0.25, 0.3) is 0 Å². The van der Waals surface area contributed by atoms with Crippen LogP contribution in [-0.2, 0) is 22.0 Å². The number of sulfonamides is 1. The van der Waals surface area contributed by atoms with E-state index in [0.29, 0.717) is 18.8 Å². The number of halogens is 3. The molecule has 3 rings (SSSR count). The topological polar surface area (TPSA) is 49.9 Å². The second-order valence-corrected chi connectivity index (χ2v) is 8.48. The van der Waals surface area contributed by atoms with Crippen molar-refractivity contribution >= 4 is 15.7 Å². The predicted molar refractivity (Wildman–Crippen MR) is 101 cm³/mol. The Bertz CT molecular complexity index is 924. The number of methoxy groups -OCH3 is 1. The molecule has 0 unspecified atom stereocenters. The number of benzene rings is 2. The van der Waals surface area contributed by atoms with Crippen LogP contribution in [0.15, 0.2) is 48.5 Å². The third kappa shape index (κ3) is 4.59. The summed E-state index contributed by atoms with van der Waals surface area (Å²) in [5.74, 6) is 0.258. The summed E-state index contributed by atoms with van der Waals surface area (Å²) < 4.78 is 70.6. The second kappa shape index (κ2) is 8.00. The van der Waals surface area contributed by atoms with Gasteiger partial charge in [0.1, 0.15) is 5.75 Å². The molecule has 2 aromatic carbocycles. The lowest BCUT2D eigenvalue weighted by Gasteiger charge is -2.36. The molecule has 0 atom stereocenters. The first-order chi connectivity index (χ1) is 13.2. The molecule has 2 aromatic rings. The molecule has 0 aliphatic carbocycles.